The van der Waals surface area contributed by atoms with Crippen LogP contribution in [0.4, 0.5) is 4.79 Å². The molecule has 0 unspecified atom stereocenters. The van der Waals surface area contributed by atoms with Crippen molar-refractivity contribution < 1.29 is 9.59 Å². The molecule has 3 amide bonds. The van der Waals surface area contributed by atoms with Crippen LogP contribution in [-0.2, 0) is 0 Å². The van der Waals surface area contributed by atoms with Crippen molar-refractivity contribution in [2.45, 2.75) is 6.92 Å². The van der Waals surface area contributed by atoms with Crippen LogP contribution in [0.2, 0.25) is 10.0 Å². The number of hydrazine groups is 1. The van der Waals surface area contributed by atoms with Gasteiger partial charge in [-0.1, -0.05) is 23.2 Å². The first-order valence-electron chi connectivity index (χ1n) is 4.83. The van der Waals surface area contributed by atoms with Crippen LogP contribution in [0.5, 0.6) is 0 Å². The predicted molar refractivity (Wildman–Crippen MR) is 66.1 cm³/mol. The molecule has 0 aliphatic rings. The van der Waals surface area contributed by atoms with Crippen molar-refractivity contribution >= 4 is 35.1 Å². The van der Waals surface area contributed by atoms with Crippen LogP contribution in [0.1, 0.15) is 17.3 Å². The maximum Gasteiger partial charge on any atom is 0.333 e. The monoisotopic (exact) mass is 275 g/mol. The van der Waals surface area contributed by atoms with E-state index in [1.54, 1.807) is 6.92 Å². The minimum absolute atomic E-state index is 0.275. The number of hydrogen-bond donors (Lipinski definition) is 3. The van der Waals surface area contributed by atoms with E-state index in [2.05, 4.69) is 16.2 Å². The average Bonchev–Trinajstić information content (AvgIpc) is 2.30. The molecular formula is C10H11Cl2N3O2. The molecule has 0 saturated carbocycles. The van der Waals surface area contributed by atoms with Gasteiger partial charge in [-0.05, 0) is 25.1 Å². The topological polar surface area (TPSA) is 70.2 Å². The molecule has 1 aromatic carbocycles. The summed E-state index contributed by atoms with van der Waals surface area (Å²) in [4.78, 5) is 22.6. The summed E-state index contributed by atoms with van der Waals surface area (Å²) in [5.74, 6) is -0.477. The Bertz CT molecular complexity index is 438. The molecule has 0 aliphatic carbocycles. The maximum atomic E-state index is 11.6. The summed E-state index contributed by atoms with van der Waals surface area (Å²) in [6.45, 7) is 2.23. The van der Waals surface area contributed by atoms with Crippen molar-refractivity contribution in [3.05, 3.63) is 33.8 Å². The van der Waals surface area contributed by atoms with Gasteiger partial charge in [-0.3, -0.25) is 10.2 Å². The smallest absolute Gasteiger partial charge is 0.333 e. The third kappa shape index (κ3) is 4.13. The van der Waals surface area contributed by atoms with E-state index >= 15 is 0 Å². The van der Waals surface area contributed by atoms with E-state index in [1.165, 1.54) is 18.2 Å². The first kappa shape index (κ1) is 13.6. The molecule has 0 spiro atoms. The van der Waals surface area contributed by atoms with Crippen LogP contribution in [0.3, 0.4) is 0 Å². The van der Waals surface area contributed by atoms with Gasteiger partial charge in [0.15, 0.2) is 0 Å². The third-order valence-electron chi connectivity index (χ3n) is 1.81. The molecule has 0 fully saturated rings. The fourth-order valence-corrected chi connectivity index (χ4v) is 1.33. The van der Waals surface area contributed by atoms with E-state index in [9.17, 15) is 9.59 Å². The second-order valence-corrected chi connectivity index (χ2v) is 3.88. The molecule has 92 valence electrons. The number of nitrogens with one attached hydrogen (secondary N) is 3. The van der Waals surface area contributed by atoms with E-state index in [-0.39, 0.29) is 5.02 Å². The largest absolute Gasteiger partial charge is 0.337 e. The summed E-state index contributed by atoms with van der Waals surface area (Å²) in [5.41, 5.74) is 4.72. The average molecular weight is 276 g/mol. The van der Waals surface area contributed by atoms with Gasteiger partial charge in [0.1, 0.15) is 0 Å². The standard InChI is InChI=1S/C10H11Cl2N3O2/c1-2-13-10(17)15-14-9(16)6-3-4-7(11)8(12)5-6/h3-5H,2H2,1H3,(H,14,16)(H2,13,15,17). The zero-order chi connectivity index (χ0) is 12.8. The van der Waals surface area contributed by atoms with Crippen molar-refractivity contribution in [1.29, 1.82) is 0 Å². The number of halogens is 2. The van der Waals surface area contributed by atoms with E-state index in [0.29, 0.717) is 17.1 Å². The Morgan fingerprint density at radius 2 is 1.88 bits per heavy atom. The van der Waals surface area contributed by atoms with E-state index < -0.39 is 11.9 Å². The fourth-order valence-electron chi connectivity index (χ4n) is 1.03. The summed E-state index contributed by atoms with van der Waals surface area (Å²) >= 11 is 11.5. The quantitative estimate of drug-likeness (QED) is 0.722. The molecule has 1 aromatic rings. The summed E-state index contributed by atoms with van der Waals surface area (Å²) in [5, 5.41) is 3.10. The molecule has 1 rings (SSSR count). The zero-order valence-electron chi connectivity index (χ0n) is 9.01. The lowest BCUT2D eigenvalue weighted by molar-refractivity contribution is 0.0936. The summed E-state index contributed by atoms with van der Waals surface area (Å²) < 4.78 is 0. The highest BCUT2D eigenvalue weighted by Gasteiger charge is 2.08. The van der Waals surface area contributed by atoms with Crippen molar-refractivity contribution in [3.8, 4) is 0 Å². The van der Waals surface area contributed by atoms with E-state index in [4.69, 9.17) is 23.2 Å². The van der Waals surface area contributed by atoms with Gasteiger partial charge in [-0.15, -0.1) is 0 Å². The highest BCUT2D eigenvalue weighted by atomic mass is 35.5. The summed E-state index contributed by atoms with van der Waals surface area (Å²) in [6, 6.07) is 3.94. The predicted octanol–water partition coefficient (Wildman–Crippen LogP) is 1.96. The molecule has 0 saturated heterocycles. The molecular weight excluding hydrogens is 265 g/mol. The van der Waals surface area contributed by atoms with Gasteiger partial charge in [0.05, 0.1) is 10.0 Å². The number of carbonyl (C=O) groups is 2. The van der Waals surface area contributed by atoms with Crippen LogP contribution >= 0.6 is 23.2 Å². The SMILES string of the molecule is CCNC(=O)NNC(=O)c1ccc(Cl)c(Cl)c1. The Balaban J connectivity index is 2.58. The van der Waals surface area contributed by atoms with Crippen molar-refractivity contribution in [1.82, 2.24) is 16.2 Å². The number of urea groups is 1. The number of amides is 3. The Hall–Kier alpha value is -1.46. The van der Waals surface area contributed by atoms with Gasteiger partial charge in [0.25, 0.3) is 5.91 Å². The maximum absolute atomic E-state index is 11.6. The Morgan fingerprint density at radius 3 is 2.47 bits per heavy atom. The first-order chi connectivity index (χ1) is 8.04. The van der Waals surface area contributed by atoms with E-state index in [1.807, 2.05) is 0 Å². The van der Waals surface area contributed by atoms with Crippen molar-refractivity contribution in [3.63, 3.8) is 0 Å². The van der Waals surface area contributed by atoms with Gasteiger partial charge >= 0.3 is 6.03 Å². The minimum Gasteiger partial charge on any atom is -0.337 e. The molecule has 0 aliphatic heterocycles. The van der Waals surface area contributed by atoms with Gasteiger partial charge in [0, 0.05) is 12.1 Å². The summed E-state index contributed by atoms with van der Waals surface area (Å²) in [7, 11) is 0. The molecule has 5 nitrogen and oxygen atoms in total. The Labute approximate surface area is 108 Å². The molecule has 0 atom stereocenters. The normalized spacial score (nSPS) is 9.59. The second kappa shape index (κ2) is 6.32. The summed E-state index contributed by atoms with van der Waals surface area (Å²) in [6.07, 6.45) is 0. The van der Waals surface area contributed by atoms with Gasteiger partial charge in [-0.25, -0.2) is 10.2 Å². The molecule has 0 radical (unpaired) electrons. The number of carbonyl (C=O) groups excluding carboxylic acids is 2. The van der Waals surface area contributed by atoms with Crippen molar-refractivity contribution in [2.75, 3.05) is 6.54 Å². The molecule has 0 heterocycles. The van der Waals surface area contributed by atoms with Crippen LogP contribution in [0, 0.1) is 0 Å². The van der Waals surface area contributed by atoms with Crippen LogP contribution in [0.25, 0.3) is 0 Å². The fraction of sp³-hybridized carbons (Fsp3) is 0.200. The Kier molecular flexibility index (Phi) is 5.06. The van der Waals surface area contributed by atoms with Crippen LogP contribution < -0.4 is 16.2 Å². The third-order valence-corrected chi connectivity index (χ3v) is 2.55. The molecule has 3 N–H and O–H groups in total. The van der Waals surface area contributed by atoms with Gasteiger partial charge in [0.2, 0.25) is 0 Å². The van der Waals surface area contributed by atoms with Crippen LogP contribution in [-0.4, -0.2) is 18.5 Å². The lowest BCUT2D eigenvalue weighted by atomic mass is 10.2. The molecule has 0 bridgehead atoms. The number of benzene rings is 1. The zero-order valence-corrected chi connectivity index (χ0v) is 10.5. The van der Waals surface area contributed by atoms with E-state index in [0.717, 1.165) is 0 Å². The van der Waals surface area contributed by atoms with Gasteiger partial charge in [-0.2, -0.15) is 0 Å². The van der Waals surface area contributed by atoms with Gasteiger partial charge < -0.3 is 5.32 Å². The first-order valence-corrected chi connectivity index (χ1v) is 5.59. The number of rotatable bonds is 2. The van der Waals surface area contributed by atoms with Crippen molar-refractivity contribution in [2.24, 2.45) is 0 Å². The minimum atomic E-state index is -0.485. The lowest BCUT2D eigenvalue weighted by Crippen LogP contribution is -2.46. The molecule has 0 aromatic heterocycles. The second-order valence-electron chi connectivity index (χ2n) is 3.07. The molecule has 17 heavy (non-hydrogen) atoms. The number of hydrogen-bond acceptors (Lipinski definition) is 2. The molecule has 7 heteroatoms. The highest BCUT2D eigenvalue weighted by molar-refractivity contribution is 6.42. The lowest BCUT2D eigenvalue weighted by Gasteiger charge is -2.08. The Morgan fingerprint density at radius 1 is 1.18 bits per heavy atom. The van der Waals surface area contributed by atoms with Crippen LogP contribution in [0.15, 0.2) is 18.2 Å². The highest BCUT2D eigenvalue weighted by Crippen LogP contribution is 2.22.